The smallest absolute Gasteiger partial charge is 0.250 e. The number of rotatable bonds is 1. The summed E-state index contributed by atoms with van der Waals surface area (Å²) >= 11 is 0. The van der Waals surface area contributed by atoms with Gasteiger partial charge in [0.05, 0.1) is 0 Å². The molecule has 0 radical (unpaired) electrons. The highest BCUT2D eigenvalue weighted by molar-refractivity contribution is 5.19. The Balaban J connectivity index is 3.23. The first kappa shape index (κ1) is 9.00. The molecule has 0 bridgehead atoms. The Morgan fingerprint density at radius 3 is 2.50 bits per heavy atom. The van der Waals surface area contributed by atoms with Crippen molar-refractivity contribution in [2.24, 2.45) is 12.8 Å². The number of hydrogen-bond acceptors (Lipinski definition) is 2. The summed E-state index contributed by atoms with van der Waals surface area (Å²) in [6.07, 6.45) is 1.73. The van der Waals surface area contributed by atoms with Crippen LogP contribution >= 0.6 is 0 Å². The number of aromatic nitrogens is 1. The molecule has 1 heterocycles. The van der Waals surface area contributed by atoms with E-state index in [2.05, 4.69) is 0 Å². The van der Waals surface area contributed by atoms with E-state index >= 15 is 0 Å². The van der Waals surface area contributed by atoms with Gasteiger partial charge in [-0.15, -0.1) is 0 Å². The van der Waals surface area contributed by atoms with Crippen molar-refractivity contribution in [3.63, 3.8) is 0 Å². The summed E-state index contributed by atoms with van der Waals surface area (Å²) < 4.78 is 1.52. The van der Waals surface area contributed by atoms with Crippen LogP contribution in [0.15, 0.2) is 23.1 Å². The highest BCUT2D eigenvalue weighted by Crippen LogP contribution is 2.13. The Hall–Kier alpha value is -1.09. The van der Waals surface area contributed by atoms with E-state index in [1.807, 2.05) is 19.9 Å². The molecule has 0 aromatic carbocycles. The van der Waals surface area contributed by atoms with E-state index in [1.54, 1.807) is 19.3 Å². The van der Waals surface area contributed by atoms with Crippen LogP contribution in [0.4, 0.5) is 0 Å². The van der Waals surface area contributed by atoms with Gasteiger partial charge in [-0.1, -0.05) is 0 Å². The van der Waals surface area contributed by atoms with Crippen LogP contribution in [-0.2, 0) is 12.6 Å². The number of nitrogens with two attached hydrogens (primary N) is 1. The predicted molar refractivity (Wildman–Crippen MR) is 48.9 cm³/mol. The summed E-state index contributed by atoms with van der Waals surface area (Å²) in [6, 6.07) is 3.43. The third-order valence-electron chi connectivity index (χ3n) is 1.85. The second kappa shape index (κ2) is 2.75. The maximum Gasteiger partial charge on any atom is 0.250 e. The number of hydrogen-bond donors (Lipinski definition) is 1. The van der Waals surface area contributed by atoms with Gasteiger partial charge in [-0.3, -0.25) is 4.79 Å². The molecule has 0 aliphatic carbocycles. The molecule has 0 fully saturated rings. The molecule has 0 saturated heterocycles. The van der Waals surface area contributed by atoms with Gasteiger partial charge in [0.15, 0.2) is 0 Å². The van der Waals surface area contributed by atoms with Gasteiger partial charge in [0.25, 0.3) is 5.56 Å². The van der Waals surface area contributed by atoms with Crippen molar-refractivity contribution in [2.75, 3.05) is 0 Å². The molecule has 66 valence electrons. The maximum absolute atomic E-state index is 11.2. The monoisotopic (exact) mass is 166 g/mol. The summed E-state index contributed by atoms with van der Waals surface area (Å²) in [5.41, 5.74) is 6.23. The van der Waals surface area contributed by atoms with Crippen molar-refractivity contribution < 1.29 is 0 Å². The van der Waals surface area contributed by atoms with Gasteiger partial charge in [-0.05, 0) is 25.5 Å². The van der Waals surface area contributed by atoms with Gasteiger partial charge in [-0.25, -0.2) is 0 Å². The Kier molecular flexibility index (Phi) is 2.06. The van der Waals surface area contributed by atoms with Crippen LogP contribution in [0.2, 0.25) is 0 Å². The van der Waals surface area contributed by atoms with Gasteiger partial charge < -0.3 is 10.3 Å². The fraction of sp³-hybridized carbons (Fsp3) is 0.444. The molecule has 3 nitrogen and oxygen atoms in total. The van der Waals surface area contributed by atoms with E-state index < -0.39 is 5.54 Å². The molecule has 12 heavy (non-hydrogen) atoms. The van der Waals surface area contributed by atoms with Crippen molar-refractivity contribution in [3.8, 4) is 0 Å². The number of nitrogens with zero attached hydrogens (tertiary/aromatic N) is 1. The second-order valence-corrected chi connectivity index (χ2v) is 3.59. The molecule has 0 aliphatic heterocycles. The maximum atomic E-state index is 11.2. The van der Waals surface area contributed by atoms with E-state index in [-0.39, 0.29) is 5.56 Å². The number of aryl methyl sites for hydroxylation is 1. The molecule has 0 atom stereocenters. The zero-order valence-electron chi connectivity index (χ0n) is 7.66. The fourth-order valence-electron chi connectivity index (χ4n) is 0.949. The Morgan fingerprint density at radius 1 is 1.50 bits per heavy atom. The first-order valence-electron chi connectivity index (χ1n) is 3.87. The average Bonchev–Trinajstić information content (AvgIpc) is 1.92. The SMILES string of the molecule is Cn1ccc(C(C)(C)N)cc1=O. The van der Waals surface area contributed by atoms with E-state index in [0.717, 1.165) is 5.56 Å². The third kappa shape index (κ3) is 1.74. The Bertz CT molecular complexity index is 333. The van der Waals surface area contributed by atoms with Crippen LogP contribution in [0.25, 0.3) is 0 Å². The first-order chi connectivity index (χ1) is 5.41. The van der Waals surface area contributed by atoms with Gasteiger partial charge in [0.1, 0.15) is 0 Å². The van der Waals surface area contributed by atoms with Gasteiger partial charge >= 0.3 is 0 Å². The molecule has 2 N–H and O–H groups in total. The Labute approximate surface area is 71.8 Å². The predicted octanol–water partition coefficient (Wildman–Crippen LogP) is 0.579. The normalized spacial score (nSPS) is 11.7. The standard InChI is InChI=1S/C9H14N2O/c1-9(2,10)7-4-5-11(3)8(12)6-7/h4-6H,10H2,1-3H3. The quantitative estimate of drug-likeness (QED) is 0.663. The highest BCUT2D eigenvalue weighted by Gasteiger charge is 2.13. The zero-order chi connectivity index (χ0) is 9.35. The molecular weight excluding hydrogens is 152 g/mol. The molecule has 1 aromatic rings. The van der Waals surface area contributed by atoms with E-state index in [1.165, 1.54) is 4.57 Å². The van der Waals surface area contributed by atoms with Crippen molar-refractivity contribution in [2.45, 2.75) is 19.4 Å². The second-order valence-electron chi connectivity index (χ2n) is 3.59. The lowest BCUT2D eigenvalue weighted by atomic mass is 9.97. The third-order valence-corrected chi connectivity index (χ3v) is 1.85. The van der Waals surface area contributed by atoms with E-state index in [4.69, 9.17) is 5.73 Å². The van der Waals surface area contributed by atoms with Crippen LogP contribution < -0.4 is 11.3 Å². The van der Waals surface area contributed by atoms with Crippen LogP contribution in [-0.4, -0.2) is 4.57 Å². The minimum absolute atomic E-state index is 0.0222. The summed E-state index contributed by atoms with van der Waals surface area (Å²) in [5, 5.41) is 0. The molecule has 1 rings (SSSR count). The average molecular weight is 166 g/mol. The molecule has 3 heteroatoms. The lowest BCUT2D eigenvalue weighted by Crippen LogP contribution is -2.31. The fourth-order valence-corrected chi connectivity index (χ4v) is 0.949. The Morgan fingerprint density at radius 2 is 2.08 bits per heavy atom. The number of pyridine rings is 1. The van der Waals surface area contributed by atoms with Gasteiger partial charge in [0.2, 0.25) is 0 Å². The van der Waals surface area contributed by atoms with Crippen LogP contribution in [0.3, 0.4) is 0 Å². The van der Waals surface area contributed by atoms with E-state index in [9.17, 15) is 4.79 Å². The molecule has 0 aliphatic rings. The summed E-state index contributed by atoms with van der Waals surface area (Å²) in [7, 11) is 1.72. The van der Waals surface area contributed by atoms with E-state index in [0.29, 0.717) is 0 Å². The lowest BCUT2D eigenvalue weighted by molar-refractivity contribution is 0.551. The van der Waals surface area contributed by atoms with Crippen molar-refractivity contribution in [3.05, 3.63) is 34.2 Å². The highest BCUT2D eigenvalue weighted by atomic mass is 16.1. The molecular formula is C9H14N2O. The molecule has 1 aromatic heterocycles. The topological polar surface area (TPSA) is 48.0 Å². The first-order valence-corrected chi connectivity index (χ1v) is 3.87. The lowest BCUT2D eigenvalue weighted by Gasteiger charge is -2.18. The summed E-state index contributed by atoms with van der Waals surface area (Å²) in [4.78, 5) is 11.2. The largest absolute Gasteiger partial charge is 0.322 e. The van der Waals surface area contributed by atoms with Crippen LogP contribution in [0.1, 0.15) is 19.4 Å². The van der Waals surface area contributed by atoms with Crippen molar-refractivity contribution in [1.29, 1.82) is 0 Å². The van der Waals surface area contributed by atoms with Gasteiger partial charge in [-0.2, -0.15) is 0 Å². The van der Waals surface area contributed by atoms with Crippen molar-refractivity contribution in [1.82, 2.24) is 4.57 Å². The van der Waals surface area contributed by atoms with Crippen LogP contribution in [0, 0.1) is 0 Å². The molecule has 0 amide bonds. The van der Waals surface area contributed by atoms with Crippen molar-refractivity contribution >= 4 is 0 Å². The molecule has 0 spiro atoms. The summed E-state index contributed by atoms with van der Waals surface area (Å²) in [5.74, 6) is 0. The minimum Gasteiger partial charge on any atom is -0.322 e. The summed E-state index contributed by atoms with van der Waals surface area (Å²) in [6.45, 7) is 3.75. The van der Waals surface area contributed by atoms with Gasteiger partial charge in [0, 0.05) is 24.8 Å². The molecule has 0 unspecified atom stereocenters. The van der Waals surface area contributed by atoms with Crippen LogP contribution in [0.5, 0.6) is 0 Å². The minimum atomic E-state index is -0.437. The zero-order valence-corrected chi connectivity index (χ0v) is 7.66. The molecule has 0 saturated carbocycles.